The van der Waals surface area contributed by atoms with Crippen LogP contribution in [0.3, 0.4) is 0 Å². The number of ether oxygens (including phenoxy) is 2. The Morgan fingerprint density at radius 3 is 2.60 bits per heavy atom. The highest BCUT2D eigenvalue weighted by Gasteiger charge is 2.33. The molecule has 1 aliphatic heterocycles. The Bertz CT molecular complexity index is 882. The molecule has 1 fully saturated rings. The summed E-state index contributed by atoms with van der Waals surface area (Å²) in [6, 6.07) is 11.2. The molecule has 0 bridgehead atoms. The van der Waals surface area contributed by atoms with Gasteiger partial charge in [-0.1, -0.05) is 42.2 Å². The summed E-state index contributed by atoms with van der Waals surface area (Å²) in [4.78, 5) is 14.5. The van der Waals surface area contributed by atoms with Gasteiger partial charge in [-0.25, -0.2) is 4.39 Å². The van der Waals surface area contributed by atoms with Crippen molar-refractivity contribution in [1.82, 2.24) is 0 Å². The first-order chi connectivity index (χ1) is 12.0. The fraction of sp³-hybridized carbons (Fsp3) is 0.111. The van der Waals surface area contributed by atoms with E-state index in [0.29, 0.717) is 32.0 Å². The van der Waals surface area contributed by atoms with E-state index in [1.54, 1.807) is 31.4 Å². The van der Waals surface area contributed by atoms with Crippen LogP contribution in [-0.2, 0) is 4.79 Å². The summed E-state index contributed by atoms with van der Waals surface area (Å²) in [5, 5.41) is 0. The third-order valence-corrected chi connectivity index (χ3v) is 4.88. The zero-order chi connectivity index (χ0) is 18.0. The second-order valence-electron chi connectivity index (χ2n) is 5.08. The molecule has 1 heterocycles. The van der Waals surface area contributed by atoms with E-state index in [9.17, 15) is 9.18 Å². The number of thiocarbonyl (C=S) groups is 1. The van der Waals surface area contributed by atoms with Gasteiger partial charge in [0.2, 0.25) is 0 Å². The molecule has 128 valence electrons. The molecule has 2 aromatic rings. The van der Waals surface area contributed by atoms with Crippen molar-refractivity contribution in [3.05, 3.63) is 58.8 Å². The zero-order valence-corrected chi connectivity index (χ0v) is 15.1. The number of nitrogens with zero attached hydrogens (tertiary/aromatic N) is 1. The summed E-state index contributed by atoms with van der Waals surface area (Å²) >= 11 is 6.45. The van der Waals surface area contributed by atoms with Crippen molar-refractivity contribution in [3.8, 4) is 11.5 Å². The molecule has 2 aromatic carbocycles. The lowest BCUT2D eigenvalue weighted by molar-refractivity contribution is -0.113. The number of amides is 1. The van der Waals surface area contributed by atoms with E-state index in [1.807, 2.05) is 6.07 Å². The lowest BCUT2D eigenvalue weighted by Crippen LogP contribution is -2.27. The number of methoxy groups -OCH3 is 2. The molecule has 0 unspecified atom stereocenters. The van der Waals surface area contributed by atoms with Crippen LogP contribution in [-0.4, -0.2) is 24.4 Å². The van der Waals surface area contributed by atoms with Gasteiger partial charge in [0.25, 0.3) is 5.91 Å². The van der Waals surface area contributed by atoms with Crippen LogP contribution in [0.5, 0.6) is 11.5 Å². The second-order valence-corrected chi connectivity index (χ2v) is 6.76. The van der Waals surface area contributed by atoms with Gasteiger partial charge in [-0.2, -0.15) is 0 Å². The monoisotopic (exact) mass is 375 g/mol. The van der Waals surface area contributed by atoms with Gasteiger partial charge in [0.1, 0.15) is 5.82 Å². The molecule has 7 heteroatoms. The predicted molar refractivity (Wildman–Crippen MR) is 102 cm³/mol. The third kappa shape index (κ3) is 3.38. The number of carbonyl (C=O) groups excluding carboxylic acids is 1. The summed E-state index contributed by atoms with van der Waals surface area (Å²) in [5.74, 6) is 0.369. The first-order valence-electron chi connectivity index (χ1n) is 7.29. The standard InChI is InChI=1S/C18H14FNO3S2/c1-22-14-8-3-5-11(16(14)23-2)9-15-17(21)20(18(24)25-15)13-7-4-6-12(19)10-13/h3-10H,1-2H3. The topological polar surface area (TPSA) is 38.8 Å². The van der Waals surface area contributed by atoms with E-state index in [0.717, 1.165) is 11.8 Å². The van der Waals surface area contributed by atoms with E-state index in [1.165, 1.54) is 30.2 Å². The lowest BCUT2D eigenvalue weighted by Gasteiger charge is -2.14. The van der Waals surface area contributed by atoms with Crippen molar-refractivity contribution in [2.24, 2.45) is 0 Å². The minimum absolute atomic E-state index is 0.300. The lowest BCUT2D eigenvalue weighted by atomic mass is 10.1. The van der Waals surface area contributed by atoms with Crippen LogP contribution in [0.2, 0.25) is 0 Å². The van der Waals surface area contributed by atoms with Gasteiger partial charge in [0.05, 0.1) is 24.8 Å². The maximum absolute atomic E-state index is 13.5. The Balaban J connectivity index is 1.99. The second kappa shape index (κ2) is 7.25. The fourth-order valence-corrected chi connectivity index (χ4v) is 3.76. The molecule has 25 heavy (non-hydrogen) atoms. The van der Waals surface area contributed by atoms with Crippen LogP contribution in [0, 0.1) is 5.82 Å². The molecule has 0 saturated carbocycles. The molecule has 3 rings (SSSR count). The molecule has 0 N–H and O–H groups in total. The highest BCUT2D eigenvalue weighted by Crippen LogP contribution is 2.39. The SMILES string of the molecule is COc1cccc(C=C2SC(=S)N(c3cccc(F)c3)C2=O)c1OC. The smallest absolute Gasteiger partial charge is 0.270 e. The first-order valence-corrected chi connectivity index (χ1v) is 8.52. The Morgan fingerprint density at radius 1 is 1.16 bits per heavy atom. The highest BCUT2D eigenvalue weighted by molar-refractivity contribution is 8.27. The van der Waals surface area contributed by atoms with Crippen LogP contribution in [0.25, 0.3) is 6.08 Å². The first kappa shape index (κ1) is 17.4. The van der Waals surface area contributed by atoms with E-state index >= 15 is 0 Å². The van der Waals surface area contributed by atoms with E-state index in [2.05, 4.69) is 0 Å². The largest absolute Gasteiger partial charge is 0.493 e. The average Bonchev–Trinajstić information content (AvgIpc) is 2.88. The van der Waals surface area contributed by atoms with E-state index in [4.69, 9.17) is 21.7 Å². The van der Waals surface area contributed by atoms with Gasteiger partial charge < -0.3 is 9.47 Å². The van der Waals surface area contributed by atoms with E-state index < -0.39 is 5.82 Å². The van der Waals surface area contributed by atoms with Gasteiger partial charge in [-0.05, 0) is 30.3 Å². The Hall–Kier alpha value is -2.38. The predicted octanol–water partition coefficient (Wildman–Crippen LogP) is 4.25. The van der Waals surface area contributed by atoms with Crippen molar-refractivity contribution < 1.29 is 18.7 Å². The fourth-order valence-electron chi connectivity index (χ4n) is 2.47. The van der Waals surface area contributed by atoms with Crippen molar-refractivity contribution in [2.45, 2.75) is 0 Å². The number of rotatable bonds is 4. The van der Waals surface area contributed by atoms with Crippen LogP contribution in [0.4, 0.5) is 10.1 Å². The number of thioether (sulfide) groups is 1. The number of halogens is 1. The molecule has 0 aromatic heterocycles. The number of hydrogen-bond acceptors (Lipinski definition) is 5. The summed E-state index contributed by atoms with van der Waals surface area (Å²) in [7, 11) is 3.08. The minimum atomic E-state index is -0.426. The number of para-hydroxylation sites is 1. The van der Waals surface area contributed by atoms with Crippen LogP contribution >= 0.6 is 24.0 Å². The van der Waals surface area contributed by atoms with Crippen molar-refractivity contribution >= 4 is 46.0 Å². The maximum atomic E-state index is 13.5. The number of anilines is 1. The third-order valence-electron chi connectivity index (χ3n) is 3.58. The van der Waals surface area contributed by atoms with Crippen LogP contribution < -0.4 is 14.4 Å². The highest BCUT2D eigenvalue weighted by atomic mass is 32.2. The molecule has 0 spiro atoms. The molecule has 1 amide bonds. The molecule has 0 atom stereocenters. The van der Waals surface area contributed by atoms with Gasteiger partial charge in [-0.3, -0.25) is 9.69 Å². The molecular formula is C18H14FNO3S2. The maximum Gasteiger partial charge on any atom is 0.270 e. The summed E-state index contributed by atoms with van der Waals surface area (Å²) < 4.78 is 24.5. The molecule has 4 nitrogen and oxygen atoms in total. The van der Waals surface area contributed by atoms with Gasteiger partial charge in [-0.15, -0.1) is 0 Å². The van der Waals surface area contributed by atoms with E-state index in [-0.39, 0.29) is 5.91 Å². The van der Waals surface area contributed by atoms with Crippen molar-refractivity contribution in [1.29, 1.82) is 0 Å². The molecule has 1 saturated heterocycles. The molecular weight excluding hydrogens is 361 g/mol. The number of hydrogen-bond donors (Lipinski definition) is 0. The Labute approximate surface area is 154 Å². The Kier molecular flexibility index (Phi) is 5.06. The van der Waals surface area contributed by atoms with Crippen molar-refractivity contribution in [3.63, 3.8) is 0 Å². The Morgan fingerprint density at radius 2 is 1.92 bits per heavy atom. The molecule has 1 aliphatic rings. The van der Waals surface area contributed by atoms with Crippen LogP contribution in [0.15, 0.2) is 47.4 Å². The van der Waals surface area contributed by atoms with Crippen LogP contribution in [0.1, 0.15) is 5.56 Å². The minimum Gasteiger partial charge on any atom is -0.493 e. The van der Waals surface area contributed by atoms with Gasteiger partial charge >= 0.3 is 0 Å². The summed E-state index contributed by atoms with van der Waals surface area (Å²) in [6.07, 6.45) is 1.69. The van der Waals surface area contributed by atoms with Crippen molar-refractivity contribution in [2.75, 3.05) is 19.1 Å². The average molecular weight is 375 g/mol. The molecule has 0 radical (unpaired) electrons. The van der Waals surface area contributed by atoms with Gasteiger partial charge in [0, 0.05) is 5.56 Å². The quantitative estimate of drug-likeness (QED) is 0.590. The summed E-state index contributed by atoms with van der Waals surface area (Å²) in [5.41, 5.74) is 1.10. The number of benzene rings is 2. The zero-order valence-electron chi connectivity index (χ0n) is 13.5. The van der Waals surface area contributed by atoms with Gasteiger partial charge in [0.15, 0.2) is 15.8 Å². The normalized spacial score (nSPS) is 15.8. The summed E-state index contributed by atoms with van der Waals surface area (Å²) in [6.45, 7) is 0. The molecule has 0 aliphatic carbocycles. The number of carbonyl (C=O) groups is 1.